The molecule has 11 nitrogen and oxygen atoms in total. The van der Waals surface area contributed by atoms with E-state index in [-0.39, 0.29) is 96.3 Å². The van der Waals surface area contributed by atoms with Crippen LogP contribution in [0, 0.1) is 28.9 Å². The third-order valence-corrected chi connectivity index (χ3v) is 16.5. The number of benzene rings is 2. The van der Waals surface area contributed by atoms with Gasteiger partial charge in [-0.25, -0.2) is 17.8 Å². The summed E-state index contributed by atoms with van der Waals surface area (Å²) in [5, 5.41) is 10.4. The van der Waals surface area contributed by atoms with Crippen LogP contribution in [0.4, 0.5) is 18.2 Å². The number of hydrogen-bond donors (Lipinski definition) is 1. The molecule has 2 bridgehead atoms. The lowest BCUT2D eigenvalue weighted by molar-refractivity contribution is -0.134. The van der Waals surface area contributed by atoms with Gasteiger partial charge in [0.25, 0.3) is 0 Å². The van der Waals surface area contributed by atoms with E-state index >= 15 is 8.78 Å². The van der Waals surface area contributed by atoms with Crippen molar-refractivity contribution in [3.8, 4) is 29.1 Å². The van der Waals surface area contributed by atoms with E-state index in [0.29, 0.717) is 38.1 Å². The van der Waals surface area contributed by atoms with Crippen LogP contribution in [-0.4, -0.2) is 105 Å². The number of thiophene rings is 1. The first-order chi connectivity index (χ1) is 27.8. The number of anilines is 1. The Kier molecular flexibility index (Phi) is 9.26. The van der Waals surface area contributed by atoms with Gasteiger partial charge >= 0.3 is 6.01 Å². The second-order valence-electron chi connectivity index (χ2n) is 17.5. The van der Waals surface area contributed by atoms with Crippen LogP contribution < -0.4 is 15.2 Å². The van der Waals surface area contributed by atoms with E-state index in [9.17, 15) is 19.0 Å². The van der Waals surface area contributed by atoms with Gasteiger partial charge in [-0.1, -0.05) is 17.7 Å². The largest absolute Gasteiger partial charge is 0.474 e. The minimum atomic E-state index is -2.61. The molecule has 7 heterocycles. The third-order valence-electron chi connectivity index (χ3n) is 13.5. The number of aromatic nitrogens is 2. The van der Waals surface area contributed by atoms with Crippen molar-refractivity contribution in [2.45, 2.75) is 106 Å². The zero-order valence-corrected chi connectivity index (χ0v) is 34.7. The van der Waals surface area contributed by atoms with E-state index < -0.39 is 36.7 Å². The molecule has 6 aliphatic rings. The van der Waals surface area contributed by atoms with Crippen molar-refractivity contribution >= 4 is 62.1 Å². The number of amides is 1. The zero-order valence-electron chi connectivity index (χ0n) is 32.2. The topological polar surface area (TPSA) is 138 Å². The molecule has 17 heteroatoms. The van der Waals surface area contributed by atoms with Gasteiger partial charge < -0.3 is 24.7 Å². The van der Waals surface area contributed by atoms with Gasteiger partial charge in [-0.3, -0.25) is 9.69 Å². The van der Waals surface area contributed by atoms with Crippen LogP contribution in [-0.2, 0) is 9.36 Å². The molecule has 0 radical (unpaired) electrons. The van der Waals surface area contributed by atoms with Crippen LogP contribution in [0.2, 0.25) is 5.02 Å². The Morgan fingerprint density at radius 3 is 2.69 bits per heavy atom. The van der Waals surface area contributed by atoms with E-state index in [1.807, 2.05) is 15.6 Å². The Bertz CT molecular complexity index is 2480. The summed E-state index contributed by atoms with van der Waals surface area (Å²) in [6.45, 7) is 4.68. The van der Waals surface area contributed by atoms with Gasteiger partial charge in [0.1, 0.15) is 54.6 Å². The number of nitrogens with two attached hydrogens (primary N) is 1. The van der Waals surface area contributed by atoms with Crippen LogP contribution in [0.1, 0.15) is 69.8 Å². The molecule has 8 atom stereocenters. The van der Waals surface area contributed by atoms with Crippen molar-refractivity contribution in [3.63, 3.8) is 0 Å². The monoisotopic (exact) mass is 853 g/mol. The number of hydrogen-bond acceptors (Lipinski definition) is 10. The van der Waals surface area contributed by atoms with Gasteiger partial charge in [-0.15, -0.1) is 11.3 Å². The molecule has 2 aromatic heterocycles. The van der Waals surface area contributed by atoms with Crippen molar-refractivity contribution < 1.29 is 32.0 Å². The van der Waals surface area contributed by atoms with Gasteiger partial charge in [-0.05, 0) is 81.5 Å². The van der Waals surface area contributed by atoms with Crippen molar-refractivity contribution in [3.05, 3.63) is 40.4 Å². The number of nitrogens with zero attached hydrogens (tertiary/aromatic N) is 6. The maximum atomic E-state index is 17.2. The molecule has 5 aliphatic heterocycles. The number of rotatable bonds is 9. The number of nitrogen functional groups attached to an aromatic ring is 1. The van der Waals surface area contributed by atoms with Crippen molar-refractivity contribution in [2.24, 2.45) is 5.92 Å². The minimum absolute atomic E-state index is 0.0231. The lowest BCUT2D eigenvalue weighted by atomic mass is 9.95. The standard InChI is InChI=1S/C41H44ClF3N7O4PS/c1-57(2,54)52-34(20-4-5-20)35(52)39(53)51-22-6-7-23(51)14-24(9-8-22)56-38-26-15-28(42)31(25-10-11-29(44)36-30(25)27(17-46)37(47)58-36)32(45)33(26)48-40(49-38)55-19-41-12-3-13-50(41)18-21(43)16-41/h10-11,15,20-24,34-35H,3-9,12-14,16,18-19,47H2,1-2H3/t21-,22+,23-,24-,34+,35+,41?,52?/m1/s1. The van der Waals surface area contributed by atoms with Crippen molar-refractivity contribution in [1.29, 1.82) is 5.26 Å². The lowest BCUT2D eigenvalue weighted by Crippen LogP contribution is -2.44. The quantitative estimate of drug-likeness (QED) is 0.130. The molecule has 4 aromatic rings. The summed E-state index contributed by atoms with van der Waals surface area (Å²) in [4.78, 5) is 27.7. The number of fused-ring (bicyclic) bond motifs is 5. The van der Waals surface area contributed by atoms with E-state index in [1.54, 1.807) is 13.3 Å². The summed E-state index contributed by atoms with van der Waals surface area (Å²) in [5.74, 6) is -0.900. The highest BCUT2D eigenvalue weighted by Crippen LogP contribution is 2.61. The first kappa shape index (κ1) is 38.5. The Balaban J connectivity index is 1.01. The fourth-order valence-electron chi connectivity index (χ4n) is 10.8. The number of ether oxygens (including phenoxy) is 2. The smallest absolute Gasteiger partial charge is 0.320 e. The Labute approximate surface area is 343 Å². The van der Waals surface area contributed by atoms with Crippen LogP contribution in [0.3, 0.4) is 0 Å². The van der Waals surface area contributed by atoms with Crippen molar-refractivity contribution in [1.82, 2.24) is 24.4 Å². The Morgan fingerprint density at radius 2 is 1.93 bits per heavy atom. The van der Waals surface area contributed by atoms with Gasteiger partial charge in [0.15, 0.2) is 5.82 Å². The SMILES string of the molecule is CP(C)(=O)N1[C@H](C(=O)N2[C@@H]3CC[C@@H](Oc4nc(OCC56CCCN5C[C@H](F)C6)nc5c(F)c(-c6ccc(F)c7sc(N)c(C#N)c67)c(Cl)cc45)C[C@H]2CC3)[C@@H]1C1CC1. The van der Waals surface area contributed by atoms with Crippen LogP contribution in [0.25, 0.3) is 32.1 Å². The Morgan fingerprint density at radius 1 is 1.16 bits per heavy atom. The van der Waals surface area contributed by atoms with Crippen LogP contribution >= 0.6 is 30.2 Å². The number of nitriles is 1. The fourth-order valence-corrected chi connectivity index (χ4v) is 13.8. The number of alkyl halides is 1. The Hall–Kier alpha value is -3.67. The maximum absolute atomic E-state index is 17.2. The molecule has 1 amide bonds. The number of carbonyl (C=O) groups is 1. The maximum Gasteiger partial charge on any atom is 0.320 e. The van der Waals surface area contributed by atoms with E-state index in [1.165, 1.54) is 18.2 Å². The first-order valence-corrected chi connectivity index (χ1v) is 24.0. The van der Waals surface area contributed by atoms with Gasteiger partial charge in [-0.2, -0.15) is 15.2 Å². The minimum Gasteiger partial charge on any atom is -0.474 e. The van der Waals surface area contributed by atoms with E-state index in [2.05, 4.69) is 9.88 Å². The van der Waals surface area contributed by atoms with Crippen LogP contribution in [0.5, 0.6) is 11.9 Å². The fraction of sp³-hybridized carbons (Fsp3) is 0.561. The molecule has 1 aliphatic carbocycles. The predicted octanol–water partition coefficient (Wildman–Crippen LogP) is 8.14. The summed E-state index contributed by atoms with van der Waals surface area (Å²) in [6.07, 6.45) is 6.25. The van der Waals surface area contributed by atoms with Crippen LogP contribution in [0.15, 0.2) is 18.2 Å². The molecular formula is C41H44ClF3N7O4PS. The van der Waals surface area contributed by atoms with E-state index in [0.717, 1.165) is 56.4 Å². The highest BCUT2D eigenvalue weighted by molar-refractivity contribution is 7.60. The van der Waals surface area contributed by atoms with Gasteiger partial charge in [0.2, 0.25) is 11.8 Å². The predicted molar refractivity (Wildman–Crippen MR) is 216 cm³/mol. The molecule has 10 rings (SSSR count). The molecule has 1 saturated carbocycles. The second-order valence-corrected chi connectivity index (χ2v) is 22.0. The summed E-state index contributed by atoms with van der Waals surface area (Å²) in [6, 6.07) is 5.61. The molecule has 5 saturated heterocycles. The molecule has 2 aromatic carbocycles. The summed E-state index contributed by atoms with van der Waals surface area (Å²) >= 11 is 7.82. The van der Waals surface area contributed by atoms with Gasteiger partial charge in [0, 0.05) is 61.8 Å². The summed E-state index contributed by atoms with van der Waals surface area (Å²) in [5.41, 5.74) is 5.55. The molecule has 306 valence electrons. The number of carbonyl (C=O) groups excluding carboxylic acids is 1. The van der Waals surface area contributed by atoms with Crippen molar-refractivity contribution in [2.75, 3.05) is 38.8 Å². The highest BCUT2D eigenvalue weighted by atomic mass is 35.5. The zero-order chi connectivity index (χ0) is 40.4. The molecule has 2 N–H and O–H groups in total. The van der Waals surface area contributed by atoms with Gasteiger partial charge in [0.05, 0.1) is 26.2 Å². The third kappa shape index (κ3) is 6.27. The molecule has 2 unspecified atom stereocenters. The van der Waals surface area contributed by atoms with E-state index in [4.69, 9.17) is 31.8 Å². The first-order valence-electron chi connectivity index (χ1n) is 20.2. The number of halogens is 4. The summed E-state index contributed by atoms with van der Waals surface area (Å²) in [7, 11) is -2.61. The molecule has 6 fully saturated rings. The molecule has 58 heavy (non-hydrogen) atoms. The lowest BCUT2D eigenvalue weighted by Gasteiger charge is -2.31. The molecule has 0 spiro atoms. The normalized spacial score (nSPS) is 30.8. The summed E-state index contributed by atoms with van der Waals surface area (Å²) < 4.78 is 75.2. The average molecular weight is 854 g/mol. The highest BCUT2D eigenvalue weighted by Gasteiger charge is 2.64. The molecular weight excluding hydrogens is 810 g/mol. The average Bonchev–Trinajstić information content (AvgIpc) is 4.01. The second kappa shape index (κ2) is 13.9.